The number of benzene rings is 1. The van der Waals surface area contributed by atoms with E-state index in [-0.39, 0.29) is 17.4 Å². The first-order valence-corrected chi connectivity index (χ1v) is 8.20. The molecule has 0 bridgehead atoms. The molecule has 1 saturated heterocycles. The molecule has 1 atom stereocenters. The van der Waals surface area contributed by atoms with Gasteiger partial charge in [0.25, 0.3) is 5.91 Å². The lowest BCUT2D eigenvalue weighted by atomic mass is 10.0. The zero-order valence-electron chi connectivity index (χ0n) is 9.94. The summed E-state index contributed by atoms with van der Waals surface area (Å²) in [5.41, 5.74) is -0.131. The maximum atomic E-state index is 12.0. The van der Waals surface area contributed by atoms with Gasteiger partial charge in [0.05, 0.1) is 17.0 Å². The molecule has 1 aliphatic heterocycles. The van der Waals surface area contributed by atoms with E-state index in [1.54, 1.807) is 25.1 Å². The summed E-state index contributed by atoms with van der Waals surface area (Å²) in [6.45, 7) is 1.77. The Bertz CT molecular complexity index is 585. The molecule has 6 heteroatoms. The normalized spacial score (nSPS) is 25.9. The lowest BCUT2D eigenvalue weighted by molar-refractivity contribution is 0.0915. The minimum atomic E-state index is -3.01. The Kier molecular flexibility index (Phi) is 3.51. The summed E-state index contributed by atoms with van der Waals surface area (Å²) < 4.78 is 23.7. The Balaban J connectivity index is 2.13. The fourth-order valence-corrected chi connectivity index (χ4v) is 4.58. The fourth-order valence-electron chi connectivity index (χ4n) is 2.09. The van der Waals surface area contributed by atoms with Crippen molar-refractivity contribution in [3.63, 3.8) is 0 Å². The highest BCUT2D eigenvalue weighted by atomic mass is 79.9. The summed E-state index contributed by atoms with van der Waals surface area (Å²) >= 11 is 3.30. The molecule has 1 amide bonds. The van der Waals surface area contributed by atoms with Gasteiger partial charge >= 0.3 is 0 Å². The van der Waals surface area contributed by atoms with Gasteiger partial charge in [-0.25, -0.2) is 8.42 Å². The SMILES string of the molecule is C[C@]1(NC(=O)c2cccc(Br)c2)CCS(=O)(=O)C1. The topological polar surface area (TPSA) is 63.2 Å². The molecule has 1 aromatic carbocycles. The van der Waals surface area contributed by atoms with Crippen LogP contribution in [-0.2, 0) is 9.84 Å². The summed E-state index contributed by atoms with van der Waals surface area (Å²) in [6, 6.07) is 7.01. The van der Waals surface area contributed by atoms with Crippen molar-refractivity contribution in [3.8, 4) is 0 Å². The zero-order chi connectivity index (χ0) is 13.4. The lowest BCUT2D eigenvalue weighted by Gasteiger charge is -2.23. The van der Waals surface area contributed by atoms with E-state index in [1.165, 1.54) is 0 Å². The molecule has 18 heavy (non-hydrogen) atoms. The molecule has 0 radical (unpaired) electrons. The lowest BCUT2D eigenvalue weighted by Crippen LogP contribution is -2.46. The molecule has 2 rings (SSSR count). The Morgan fingerprint density at radius 1 is 1.44 bits per heavy atom. The van der Waals surface area contributed by atoms with Gasteiger partial charge < -0.3 is 5.32 Å². The Morgan fingerprint density at radius 2 is 2.17 bits per heavy atom. The molecule has 0 spiro atoms. The molecule has 0 saturated carbocycles. The van der Waals surface area contributed by atoms with Gasteiger partial charge in [-0.05, 0) is 31.5 Å². The van der Waals surface area contributed by atoms with Crippen LogP contribution in [0, 0.1) is 0 Å². The van der Waals surface area contributed by atoms with E-state index in [0.717, 1.165) is 4.47 Å². The number of amides is 1. The van der Waals surface area contributed by atoms with Crippen LogP contribution in [0.1, 0.15) is 23.7 Å². The van der Waals surface area contributed by atoms with Gasteiger partial charge in [0.1, 0.15) is 0 Å². The molecular weight excluding hydrogens is 318 g/mol. The Morgan fingerprint density at radius 3 is 2.72 bits per heavy atom. The molecule has 4 nitrogen and oxygen atoms in total. The van der Waals surface area contributed by atoms with Gasteiger partial charge in [0.2, 0.25) is 0 Å². The number of sulfone groups is 1. The maximum Gasteiger partial charge on any atom is 0.251 e. The minimum Gasteiger partial charge on any atom is -0.346 e. The number of hydrogen-bond donors (Lipinski definition) is 1. The molecule has 98 valence electrons. The third-order valence-corrected chi connectivity index (χ3v) is 5.40. The first-order chi connectivity index (χ1) is 8.30. The second-order valence-corrected chi connectivity index (χ2v) is 7.97. The van der Waals surface area contributed by atoms with E-state index in [2.05, 4.69) is 21.2 Å². The second-order valence-electron chi connectivity index (χ2n) is 4.87. The van der Waals surface area contributed by atoms with Crippen LogP contribution in [-0.4, -0.2) is 31.4 Å². The monoisotopic (exact) mass is 331 g/mol. The number of halogens is 1. The molecule has 0 unspecified atom stereocenters. The van der Waals surface area contributed by atoms with Crippen LogP contribution in [0.3, 0.4) is 0 Å². The molecule has 1 aliphatic rings. The average Bonchev–Trinajstić information content (AvgIpc) is 2.52. The van der Waals surface area contributed by atoms with Gasteiger partial charge in [-0.3, -0.25) is 4.79 Å². The van der Waals surface area contributed by atoms with Crippen molar-refractivity contribution in [3.05, 3.63) is 34.3 Å². The minimum absolute atomic E-state index is 0.0136. The Labute approximate surface area is 115 Å². The quantitative estimate of drug-likeness (QED) is 0.898. The highest BCUT2D eigenvalue weighted by molar-refractivity contribution is 9.10. The van der Waals surface area contributed by atoms with Crippen molar-refractivity contribution in [2.45, 2.75) is 18.9 Å². The number of carbonyl (C=O) groups is 1. The molecule has 0 aliphatic carbocycles. The molecule has 1 aromatic rings. The standard InChI is InChI=1S/C12H14BrNO3S/c1-12(5-6-18(16,17)8-12)14-11(15)9-3-2-4-10(13)7-9/h2-4,7H,5-6,8H2,1H3,(H,14,15)/t12-/m0/s1. The first-order valence-electron chi connectivity index (χ1n) is 5.58. The van der Waals surface area contributed by atoms with Gasteiger partial charge in [-0.1, -0.05) is 22.0 Å². The van der Waals surface area contributed by atoms with Crippen LogP contribution in [0.4, 0.5) is 0 Å². The summed E-state index contributed by atoms with van der Waals surface area (Å²) in [5, 5.41) is 2.82. The van der Waals surface area contributed by atoms with E-state index < -0.39 is 15.4 Å². The molecule has 1 N–H and O–H groups in total. The van der Waals surface area contributed by atoms with Crippen LogP contribution in [0.2, 0.25) is 0 Å². The summed E-state index contributed by atoms with van der Waals surface area (Å²) in [5.74, 6) is -0.0851. The van der Waals surface area contributed by atoms with E-state index in [1.807, 2.05) is 6.07 Å². The van der Waals surface area contributed by atoms with Crippen LogP contribution in [0.5, 0.6) is 0 Å². The molecule has 0 aromatic heterocycles. The van der Waals surface area contributed by atoms with Crippen LogP contribution in [0.25, 0.3) is 0 Å². The first kappa shape index (κ1) is 13.5. The predicted octanol–water partition coefficient (Wildman–Crippen LogP) is 1.76. The van der Waals surface area contributed by atoms with Gasteiger partial charge in [-0.15, -0.1) is 0 Å². The second kappa shape index (κ2) is 4.66. The van der Waals surface area contributed by atoms with E-state index in [9.17, 15) is 13.2 Å². The van der Waals surface area contributed by atoms with Crippen molar-refractivity contribution in [1.82, 2.24) is 5.32 Å². The number of rotatable bonds is 2. The summed E-state index contributed by atoms with van der Waals surface area (Å²) in [4.78, 5) is 12.0. The zero-order valence-corrected chi connectivity index (χ0v) is 12.3. The van der Waals surface area contributed by atoms with Crippen molar-refractivity contribution in [2.24, 2.45) is 0 Å². The number of nitrogens with one attached hydrogen (secondary N) is 1. The van der Waals surface area contributed by atoms with Crippen molar-refractivity contribution in [2.75, 3.05) is 11.5 Å². The largest absolute Gasteiger partial charge is 0.346 e. The van der Waals surface area contributed by atoms with Crippen molar-refractivity contribution < 1.29 is 13.2 Å². The Hall–Kier alpha value is -0.880. The maximum absolute atomic E-state index is 12.0. The van der Waals surface area contributed by atoms with Crippen LogP contribution in [0.15, 0.2) is 28.7 Å². The van der Waals surface area contributed by atoms with Crippen LogP contribution < -0.4 is 5.32 Å². The third-order valence-electron chi connectivity index (χ3n) is 3.01. The molecular formula is C12H14BrNO3S. The average molecular weight is 332 g/mol. The van der Waals surface area contributed by atoms with E-state index in [4.69, 9.17) is 0 Å². The van der Waals surface area contributed by atoms with E-state index in [0.29, 0.717) is 12.0 Å². The van der Waals surface area contributed by atoms with Gasteiger partial charge in [0.15, 0.2) is 9.84 Å². The van der Waals surface area contributed by atoms with Crippen molar-refractivity contribution >= 4 is 31.7 Å². The fraction of sp³-hybridized carbons (Fsp3) is 0.417. The summed E-state index contributed by atoms with van der Waals surface area (Å²) in [7, 11) is -3.01. The molecule has 1 heterocycles. The highest BCUT2D eigenvalue weighted by Crippen LogP contribution is 2.23. The molecule has 1 fully saturated rings. The van der Waals surface area contributed by atoms with Gasteiger partial charge in [-0.2, -0.15) is 0 Å². The third kappa shape index (κ3) is 3.11. The number of carbonyl (C=O) groups excluding carboxylic acids is 1. The highest BCUT2D eigenvalue weighted by Gasteiger charge is 2.39. The van der Waals surface area contributed by atoms with Gasteiger partial charge in [0, 0.05) is 10.0 Å². The summed E-state index contributed by atoms with van der Waals surface area (Å²) in [6.07, 6.45) is 0.467. The van der Waals surface area contributed by atoms with Crippen molar-refractivity contribution in [1.29, 1.82) is 0 Å². The van der Waals surface area contributed by atoms with E-state index >= 15 is 0 Å². The predicted molar refractivity (Wildman–Crippen MR) is 73.3 cm³/mol. The smallest absolute Gasteiger partial charge is 0.251 e. The van der Waals surface area contributed by atoms with Crippen LogP contribution >= 0.6 is 15.9 Å². The number of hydrogen-bond acceptors (Lipinski definition) is 3.